The molecular weight excluding hydrogens is 292 g/mol. The largest absolute Gasteiger partial charge is 0.459 e. The lowest BCUT2D eigenvalue weighted by Crippen LogP contribution is -2.28. The number of carbonyl (C=O) groups is 1. The maximum Gasteiger partial charge on any atom is 0.384 e. The minimum Gasteiger partial charge on any atom is -0.459 e. The van der Waals surface area contributed by atoms with Gasteiger partial charge in [0.05, 0.1) is 13.7 Å². The zero-order valence-electron chi connectivity index (χ0n) is 14.9. The minimum absolute atomic E-state index is 0.0262. The lowest BCUT2D eigenvalue weighted by molar-refractivity contribution is -0.175. The van der Waals surface area contributed by atoms with E-state index < -0.39 is 5.97 Å². The van der Waals surface area contributed by atoms with Gasteiger partial charge in [0, 0.05) is 18.9 Å². The molecule has 4 nitrogen and oxygen atoms in total. The summed E-state index contributed by atoms with van der Waals surface area (Å²) in [6.45, 7) is 8.02. The Labute approximate surface area is 140 Å². The second-order valence-electron chi connectivity index (χ2n) is 6.82. The van der Waals surface area contributed by atoms with Gasteiger partial charge in [-0.3, -0.25) is 0 Å². The molecule has 1 aliphatic heterocycles. The highest BCUT2D eigenvalue weighted by atomic mass is 16.7. The van der Waals surface area contributed by atoms with Crippen molar-refractivity contribution in [1.82, 2.24) is 0 Å². The van der Waals surface area contributed by atoms with E-state index in [0.29, 0.717) is 13.0 Å². The summed E-state index contributed by atoms with van der Waals surface area (Å²) in [5, 5.41) is 0. The average Bonchev–Trinajstić information content (AvgIpc) is 2.56. The van der Waals surface area contributed by atoms with Crippen LogP contribution in [0.1, 0.15) is 59.3 Å². The number of rotatable bonds is 7. The van der Waals surface area contributed by atoms with E-state index >= 15 is 0 Å². The fraction of sp³-hybridized carbons (Fsp3) is 0.737. The first-order chi connectivity index (χ1) is 10.9. The molecule has 0 radical (unpaired) electrons. The van der Waals surface area contributed by atoms with Crippen LogP contribution in [0, 0.1) is 17.3 Å². The second kappa shape index (κ2) is 10.5. The van der Waals surface area contributed by atoms with E-state index in [1.165, 1.54) is 19.1 Å². The van der Waals surface area contributed by atoms with Gasteiger partial charge < -0.3 is 14.2 Å². The fourth-order valence-electron chi connectivity index (χ4n) is 2.22. The standard InChI is InChI=1S/C19H30O4/c1-16(9-5-6-10-17(20)21-4)12-13-19(2,3)15-23-18-11-7-8-14-22-18/h12,18H,5,7-9,11,13-15H2,1-4H3/b16-12+. The Morgan fingerprint density at radius 1 is 1.39 bits per heavy atom. The number of hydrogen-bond donors (Lipinski definition) is 0. The van der Waals surface area contributed by atoms with Crippen LogP contribution >= 0.6 is 0 Å². The smallest absolute Gasteiger partial charge is 0.384 e. The third-order valence-electron chi connectivity index (χ3n) is 3.82. The van der Waals surface area contributed by atoms with Crippen molar-refractivity contribution >= 4 is 5.97 Å². The van der Waals surface area contributed by atoms with Crippen LogP contribution < -0.4 is 0 Å². The summed E-state index contributed by atoms with van der Waals surface area (Å²) in [4.78, 5) is 10.9. The Morgan fingerprint density at radius 2 is 2.17 bits per heavy atom. The normalized spacial score (nSPS) is 19.0. The molecule has 1 heterocycles. The van der Waals surface area contributed by atoms with Crippen molar-refractivity contribution in [3.05, 3.63) is 11.6 Å². The van der Waals surface area contributed by atoms with E-state index in [4.69, 9.17) is 9.47 Å². The van der Waals surface area contributed by atoms with Crippen molar-refractivity contribution in [3.63, 3.8) is 0 Å². The van der Waals surface area contributed by atoms with Crippen LogP contribution in [0.3, 0.4) is 0 Å². The molecule has 1 saturated heterocycles. The molecule has 130 valence electrons. The Morgan fingerprint density at radius 3 is 2.83 bits per heavy atom. The van der Waals surface area contributed by atoms with Gasteiger partial charge in [0.25, 0.3) is 0 Å². The number of esters is 1. The van der Waals surface area contributed by atoms with Gasteiger partial charge >= 0.3 is 5.97 Å². The molecule has 0 aromatic rings. The van der Waals surface area contributed by atoms with E-state index in [-0.39, 0.29) is 11.7 Å². The summed E-state index contributed by atoms with van der Waals surface area (Å²) >= 11 is 0. The quantitative estimate of drug-likeness (QED) is 0.309. The highest BCUT2D eigenvalue weighted by molar-refractivity contribution is 5.88. The molecule has 0 aliphatic carbocycles. The minimum atomic E-state index is -0.477. The summed E-state index contributed by atoms with van der Waals surface area (Å²) in [6, 6.07) is 0. The molecule has 0 spiro atoms. The van der Waals surface area contributed by atoms with Crippen LogP contribution in [0.25, 0.3) is 0 Å². The van der Waals surface area contributed by atoms with Crippen molar-refractivity contribution in [1.29, 1.82) is 0 Å². The first kappa shape index (κ1) is 19.7. The first-order valence-corrected chi connectivity index (χ1v) is 8.38. The molecule has 4 heteroatoms. The van der Waals surface area contributed by atoms with Crippen LogP contribution in [0.5, 0.6) is 0 Å². The third-order valence-corrected chi connectivity index (χ3v) is 3.82. The SMILES string of the molecule is COC(=O)C#CCC/C(C)=C/CC(C)(C)COC1CCCCO1. The average molecular weight is 322 g/mol. The van der Waals surface area contributed by atoms with Gasteiger partial charge in [-0.05, 0) is 44.4 Å². The van der Waals surface area contributed by atoms with Crippen LogP contribution in [0.4, 0.5) is 0 Å². The molecule has 1 atom stereocenters. The Hall–Kier alpha value is -1.31. The lowest BCUT2D eigenvalue weighted by Gasteiger charge is -2.29. The second-order valence-corrected chi connectivity index (χ2v) is 6.82. The summed E-state index contributed by atoms with van der Waals surface area (Å²) in [5.41, 5.74) is 1.37. The summed E-state index contributed by atoms with van der Waals surface area (Å²) in [5.74, 6) is 4.79. The fourth-order valence-corrected chi connectivity index (χ4v) is 2.22. The molecule has 1 fully saturated rings. The lowest BCUT2D eigenvalue weighted by atomic mass is 9.89. The number of carbonyl (C=O) groups excluding carboxylic acids is 1. The van der Waals surface area contributed by atoms with Gasteiger partial charge in [-0.1, -0.05) is 31.4 Å². The molecule has 0 saturated carbocycles. The summed E-state index contributed by atoms with van der Waals surface area (Å²) in [6.07, 6.45) is 8.05. The maximum absolute atomic E-state index is 10.9. The molecule has 0 N–H and O–H groups in total. The van der Waals surface area contributed by atoms with Crippen molar-refractivity contribution in [2.45, 2.75) is 65.6 Å². The predicted octanol–water partition coefficient (Wildman–Crippen LogP) is 3.85. The van der Waals surface area contributed by atoms with E-state index in [2.05, 4.69) is 43.4 Å². The Kier molecular flexibility index (Phi) is 8.98. The highest BCUT2D eigenvalue weighted by Crippen LogP contribution is 2.25. The van der Waals surface area contributed by atoms with E-state index in [1.807, 2.05) is 0 Å². The number of ether oxygens (including phenoxy) is 3. The van der Waals surface area contributed by atoms with Gasteiger partial charge in [-0.25, -0.2) is 4.79 Å². The molecule has 0 bridgehead atoms. The van der Waals surface area contributed by atoms with E-state index in [0.717, 1.165) is 32.3 Å². The maximum atomic E-state index is 10.9. The first-order valence-electron chi connectivity index (χ1n) is 8.38. The van der Waals surface area contributed by atoms with Crippen molar-refractivity contribution in [2.75, 3.05) is 20.3 Å². The van der Waals surface area contributed by atoms with Gasteiger partial charge in [-0.15, -0.1) is 0 Å². The predicted molar refractivity (Wildman–Crippen MR) is 90.7 cm³/mol. The van der Waals surface area contributed by atoms with Gasteiger partial charge in [0.15, 0.2) is 6.29 Å². The van der Waals surface area contributed by atoms with Crippen molar-refractivity contribution in [2.24, 2.45) is 5.41 Å². The van der Waals surface area contributed by atoms with Gasteiger partial charge in [0.2, 0.25) is 0 Å². The van der Waals surface area contributed by atoms with Crippen LogP contribution in [0.15, 0.2) is 11.6 Å². The zero-order chi connectivity index (χ0) is 17.1. The molecule has 23 heavy (non-hydrogen) atoms. The number of hydrogen-bond acceptors (Lipinski definition) is 4. The zero-order valence-corrected chi connectivity index (χ0v) is 14.9. The van der Waals surface area contributed by atoms with Gasteiger partial charge in [-0.2, -0.15) is 0 Å². The molecule has 0 aromatic heterocycles. The monoisotopic (exact) mass is 322 g/mol. The van der Waals surface area contributed by atoms with Crippen LogP contribution in [-0.4, -0.2) is 32.6 Å². The molecule has 0 aromatic carbocycles. The number of allylic oxidation sites excluding steroid dienone is 2. The highest BCUT2D eigenvalue weighted by Gasteiger charge is 2.21. The van der Waals surface area contributed by atoms with E-state index in [1.54, 1.807) is 0 Å². The topological polar surface area (TPSA) is 44.8 Å². The van der Waals surface area contributed by atoms with Crippen molar-refractivity contribution < 1.29 is 19.0 Å². The van der Waals surface area contributed by atoms with E-state index in [9.17, 15) is 4.79 Å². The molecule has 1 aliphatic rings. The van der Waals surface area contributed by atoms with Crippen LogP contribution in [-0.2, 0) is 19.0 Å². The molecule has 0 amide bonds. The number of methoxy groups -OCH3 is 1. The Bertz CT molecular complexity index is 448. The van der Waals surface area contributed by atoms with Gasteiger partial charge in [0.1, 0.15) is 0 Å². The molecular formula is C19H30O4. The third kappa shape index (κ3) is 9.43. The molecule has 1 rings (SSSR count). The molecule has 1 unspecified atom stereocenters. The van der Waals surface area contributed by atoms with Crippen LogP contribution in [0.2, 0.25) is 0 Å². The summed E-state index contributed by atoms with van der Waals surface area (Å²) in [7, 11) is 1.34. The van der Waals surface area contributed by atoms with Crippen molar-refractivity contribution in [3.8, 4) is 11.8 Å². The summed E-state index contributed by atoms with van der Waals surface area (Å²) < 4.78 is 16.0. The Balaban J connectivity index is 2.28.